The van der Waals surface area contributed by atoms with E-state index in [-0.39, 0.29) is 25.0 Å². The second-order valence-corrected chi connectivity index (χ2v) is 6.30. The van der Waals surface area contributed by atoms with Crippen molar-refractivity contribution in [3.05, 3.63) is 29.3 Å². The van der Waals surface area contributed by atoms with Crippen LogP contribution in [0.5, 0.6) is 5.75 Å². The maximum Gasteiger partial charge on any atom is 0.239 e. The summed E-state index contributed by atoms with van der Waals surface area (Å²) < 4.78 is 19.2. The van der Waals surface area contributed by atoms with Gasteiger partial charge in [0.2, 0.25) is 5.91 Å². The Balaban J connectivity index is 1.59. The molecular weight excluding hydrogens is 307 g/mol. The van der Waals surface area contributed by atoms with Crippen LogP contribution in [0, 0.1) is 0 Å². The number of carbonyl (C=O) groups excluding carboxylic acids is 1. The summed E-state index contributed by atoms with van der Waals surface area (Å²) in [6.07, 6.45) is 1.05. The number of hydrogen-bond donors (Lipinski definition) is 1. The summed E-state index contributed by atoms with van der Waals surface area (Å²) in [5, 5.41) is 3.52. The SMILES string of the molecule is O=C([C@H]1C[C@H](F)CN1)N1CCCC(Oc2ccccc2Cl)C1. The molecule has 3 atom stereocenters. The molecule has 1 N–H and O–H groups in total. The molecule has 4 nitrogen and oxygen atoms in total. The number of halogens is 2. The Bertz CT molecular complexity index is 543. The van der Waals surface area contributed by atoms with Crippen LogP contribution in [0.25, 0.3) is 0 Å². The van der Waals surface area contributed by atoms with Crippen molar-refractivity contribution in [2.45, 2.75) is 37.6 Å². The van der Waals surface area contributed by atoms with Crippen molar-refractivity contribution in [1.29, 1.82) is 0 Å². The van der Waals surface area contributed by atoms with Gasteiger partial charge in [-0.2, -0.15) is 0 Å². The summed E-state index contributed by atoms with van der Waals surface area (Å²) in [6, 6.07) is 6.94. The minimum absolute atomic E-state index is 0.0207. The third-order valence-electron chi connectivity index (χ3n) is 4.20. The standard InChI is InChI=1S/C16H20ClFN2O2/c17-13-5-1-2-6-15(13)22-12-4-3-7-20(10-12)16(21)14-8-11(18)9-19-14/h1-2,5-6,11-12,14,19H,3-4,7-10H2/t11-,12?,14+/m0/s1. The van der Waals surface area contributed by atoms with E-state index in [1.54, 1.807) is 11.0 Å². The maximum atomic E-state index is 13.2. The lowest BCUT2D eigenvalue weighted by Gasteiger charge is -2.34. The summed E-state index contributed by atoms with van der Waals surface area (Å²) in [6.45, 7) is 1.50. The molecule has 2 saturated heterocycles. The first-order chi connectivity index (χ1) is 10.6. The predicted octanol–water partition coefficient (Wildman–Crippen LogP) is 2.41. The Labute approximate surface area is 134 Å². The fourth-order valence-electron chi connectivity index (χ4n) is 3.06. The minimum Gasteiger partial charge on any atom is -0.487 e. The molecule has 0 radical (unpaired) electrons. The van der Waals surface area contributed by atoms with Gasteiger partial charge in [-0.25, -0.2) is 4.39 Å². The molecule has 2 aliphatic rings. The number of para-hydroxylation sites is 1. The first-order valence-corrected chi connectivity index (χ1v) is 8.08. The molecule has 22 heavy (non-hydrogen) atoms. The fraction of sp³-hybridized carbons (Fsp3) is 0.562. The molecule has 0 aliphatic carbocycles. The van der Waals surface area contributed by atoms with Crippen LogP contribution in [0.15, 0.2) is 24.3 Å². The summed E-state index contributed by atoms with van der Waals surface area (Å²) in [7, 11) is 0. The molecule has 0 aromatic heterocycles. The van der Waals surface area contributed by atoms with E-state index in [0.29, 0.717) is 23.9 Å². The van der Waals surface area contributed by atoms with Crippen molar-refractivity contribution in [1.82, 2.24) is 10.2 Å². The highest BCUT2D eigenvalue weighted by Crippen LogP contribution is 2.26. The van der Waals surface area contributed by atoms with Crippen LogP contribution >= 0.6 is 11.6 Å². The summed E-state index contributed by atoms with van der Waals surface area (Å²) in [5.41, 5.74) is 0. The van der Waals surface area contributed by atoms with E-state index >= 15 is 0 Å². The zero-order valence-electron chi connectivity index (χ0n) is 12.3. The van der Waals surface area contributed by atoms with E-state index in [9.17, 15) is 9.18 Å². The van der Waals surface area contributed by atoms with Crippen LogP contribution in [-0.2, 0) is 4.79 Å². The normalized spacial score (nSPS) is 28.6. The van der Waals surface area contributed by atoms with Gasteiger partial charge in [0.1, 0.15) is 18.0 Å². The van der Waals surface area contributed by atoms with Crippen LogP contribution in [0.3, 0.4) is 0 Å². The number of hydrogen-bond acceptors (Lipinski definition) is 3. The first-order valence-electron chi connectivity index (χ1n) is 7.71. The zero-order valence-corrected chi connectivity index (χ0v) is 13.1. The lowest BCUT2D eigenvalue weighted by Crippen LogP contribution is -2.50. The molecule has 1 unspecified atom stereocenters. The van der Waals surface area contributed by atoms with Crippen molar-refractivity contribution >= 4 is 17.5 Å². The van der Waals surface area contributed by atoms with Crippen molar-refractivity contribution in [3.63, 3.8) is 0 Å². The predicted molar refractivity (Wildman–Crippen MR) is 83.0 cm³/mol. The van der Waals surface area contributed by atoms with E-state index in [1.165, 1.54) is 0 Å². The van der Waals surface area contributed by atoms with Gasteiger partial charge in [-0.3, -0.25) is 4.79 Å². The Morgan fingerprint density at radius 3 is 2.95 bits per heavy atom. The Morgan fingerprint density at radius 1 is 1.41 bits per heavy atom. The molecule has 2 fully saturated rings. The van der Waals surface area contributed by atoms with Gasteiger partial charge in [-0.15, -0.1) is 0 Å². The van der Waals surface area contributed by atoms with Crippen LogP contribution < -0.4 is 10.1 Å². The molecule has 2 heterocycles. The molecule has 120 valence electrons. The van der Waals surface area contributed by atoms with Gasteiger partial charge in [0.15, 0.2) is 0 Å². The summed E-state index contributed by atoms with van der Waals surface area (Å²) in [4.78, 5) is 14.2. The van der Waals surface area contributed by atoms with E-state index in [0.717, 1.165) is 12.8 Å². The molecule has 1 amide bonds. The maximum absolute atomic E-state index is 13.2. The quantitative estimate of drug-likeness (QED) is 0.927. The lowest BCUT2D eigenvalue weighted by atomic mass is 10.1. The molecule has 0 saturated carbocycles. The number of likely N-dealkylation sites (tertiary alicyclic amines) is 1. The van der Waals surface area contributed by atoms with Crippen molar-refractivity contribution in [3.8, 4) is 5.75 Å². The average molecular weight is 327 g/mol. The topological polar surface area (TPSA) is 41.6 Å². The van der Waals surface area contributed by atoms with Gasteiger partial charge in [0, 0.05) is 19.5 Å². The molecule has 2 aliphatic heterocycles. The number of amides is 1. The van der Waals surface area contributed by atoms with Crippen LogP contribution in [0.1, 0.15) is 19.3 Å². The number of nitrogens with one attached hydrogen (secondary N) is 1. The second-order valence-electron chi connectivity index (χ2n) is 5.89. The van der Waals surface area contributed by atoms with Crippen LogP contribution in [0.4, 0.5) is 4.39 Å². The minimum atomic E-state index is -0.922. The molecule has 0 spiro atoms. The number of nitrogens with zero attached hydrogens (tertiary/aromatic N) is 1. The number of alkyl halides is 1. The zero-order chi connectivity index (χ0) is 15.5. The Kier molecular flexibility index (Phi) is 4.84. The molecule has 1 aromatic carbocycles. The number of carbonyl (C=O) groups is 1. The Morgan fingerprint density at radius 2 is 2.23 bits per heavy atom. The monoisotopic (exact) mass is 326 g/mol. The molecular formula is C16H20ClFN2O2. The van der Waals surface area contributed by atoms with Gasteiger partial charge in [0.05, 0.1) is 17.6 Å². The lowest BCUT2D eigenvalue weighted by molar-refractivity contribution is -0.135. The highest BCUT2D eigenvalue weighted by molar-refractivity contribution is 6.32. The third kappa shape index (κ3) is 3.52. The fourth-order valence-corrected chi connectivity index (χ4v) is 3.24. The summed E-state index contributed by atoms with van der Waals surface area (Å²) in [5.74, 6) is 0.624. The first kappa shape index (κ1) is 15.6. The van der Waals surface area contributed by atoms with Gasteiger partial charge in [0.25, 0.3) is 0 Å². The van der Waals surface area contributed by atoms with Crippen LogP contribution in [0.2, 0.25) is 5.02 Å². The van der Waals surface area contributed by atoms with E-state index < -0.39 is 12.2 Å². The smallest absolute Gasteiger partial charge is 0.239 e. The Hall–Kier alpha value is -1.33. The van der Waals surface area contributed by atoms with Crippen molar-refractivity contribution < 1.29 is 13.9 Å². The second kappa shape index (κ2) is 6.84. The number of ether oxygens (including phenoxy) is 1. The average Bonchev–Trinajstić information content (AvgIpc) is 2.96. The number of rotatable bonds is 3. The highest BCUT2D eigenvalue weighted by atomic mass is 35.5. The van der Waals surface area contributed by atoms with Gasteiger partial charge >= 0.3 is 0 Å². The van der Waals surface area contributed by atoms with E-state index in [2.05, 4.69) is 5.32 Å². The molecule has 0 bridgehead atoms. The van der Waals surface area contributed by atoms with Gasteiger partial charge in [-0.05, 0) is 25.0 Å². The van der Waals surface area contributed by atoms with Gasteiger partial charge < -0.3 is 15.0 Å². The number of piperidine rings is 1. The molecule has 3 rings (SSSR count). The summed E-state index contributed by atoms with van der Waals surface area (Å²) >= 11 is 6.10. The molecule has 1 aromatic rings. The number of benzene rings is 1. The van der Waals surface area contributed by atoms with Crippen molar-refractivity contribution in [2.75, 3.05) is 19.6 Å². The van der Waals surface area contributed by atoms with Gasteiger partial charge in [-0.1, -0.05) is 23.7 Å². The largest absolute Gasteiger partial charge is 0.487 e. The molecule has 6 heteroatoms. The van der Waals surface area contributed by atoms with E-state index in [1.807, 2.05) is 18.2 Å². The third-order valence-corrected chi connectivity index (χ3v) is 4.51. The van der Waals surface area contributed by atoms with E-state index in [4.69, 9.17) is 16.3 Å². The highest BCUT2D eigenvalue weighted by Gasteiger charge is 2.34. The van der Waals surface area contributed by atoms with Crippen LogP contribution in [-0.4, -0.2) is 48.8 Å². The van der Waals surface area contributed by atoms with Crippen molar-refractivity contribution in [2.24, 2.45) is 0 Å².